The van der Waals surface area contributed by atoms with Crippen LogP contribution in [0.25, 0.3) is 22.2 Å². The maximum absolute atomic E-state index is 12.8. The fraction of sp³-hybridized carbons (Fsp3) is 0.375. The monoisotopic (exact) mass is 535 g/mol. The van der Waals surface area contributed by atoms with Gasteiger partial charge in [-0.05, 0) is 41.7 Å². The normalized spacial score (nSPS) is 17.2. The second kappa shape index (κ2) is 9.45. The highest BCUT2D eigenvalue weighted by atomic mass is 32.2. The molecule has 1 aliphatic heterocycles. The summed E-state index contributed by atoms with van der Waals surface area (Å²) in [6.45, 7) is -1.02. The Morgan fingerprint density at radius 3 is 2.35 bits per heavy atom. The molecule has 2 aromatic heterocycles. The fourth-order valence-electron chi connectivity index (χ4n) is 4.33. The van der Waals surface area contributed by atoms with Crippen molar-refractivity contribution in [3.05, 3.63) is 48.2 Å². The van der Waals surface area contributed by atoms with Gasteiger partial charge in [-0.15, -0.1) is 0 Å². The number of hydrogen-bond donors (Lipinski definition) is 2. The number of pyridine rings is 1. The van der Waals surface area contributed by atoms with Crippen LogP contribution in [0.4, 0.5) is 19.0 Å². The first kappa shape index (κ1) is 25.2. The second-order valence-electron chi connectivity index (χ2n) is 9.16. The first-order valence-electron chi connectivity index (χ1n) is 11.8. The van der Waals surface area contributed by atoms with E-state index in [1.54, 1.807) is 18.3 Å². The van der Waals surface area contributed by atoms with Crippen molar-refractivity contribution < 1.29 is 31.2 Å². The number of amides is 2. The molecule has 0 unspecified atom stereocenters. The van der Waals surface area contributed by atoms with Gasteiger partial charge < -0.3 is 15.2 Å². The van der Waals surface area contributed by atoms with Crippen LogP contribution in [0.2, 0.25) is 0 Å². The molecule has 2 fully saturated rings. The predicted molar refractivity (Wildman–Crippen MR) is 130 cm³/mol. The lowest BCUT2D eigenvalue weighted by Gasteiger charge is -2.34. The van der Waals surface area contributed by atoms with Crippen LogP contribution in [0.15, 0.2) is 42.6 Å². The predicted octanol–water partition coefficient (Wildman–Crippen LogP) is 3.11. The molecule has 0 spiro atoms. The molecule has 13 heteroatoms. The summed E-state index contributed by atoms with van der Waals surface area (Å²) in [5.74, 6) is 0.153. The lowest BCUT2D eigenvalue weighted by Crippen LogP contribution is -2.53. The van der Waals surface area contributed by atoms with Gasteiger partial charge in [-0.3, -0.25) is 9.59 Å². The number of fused-ring (bicyclic) bond motifs is 1. The van der Waals surface area contributed by atoms with E-state index < -0.39 is 28.6 Å². The first-order valence-corrected chi connectivity index (χ1v) is 13.2. The van der Waals surface area contributed by atoms with Crippen LogP contribution in [0.1, 0.15) is 18.4 Å². The molecule has 0 radical (unpaired) electrons. The summed E-state index contributed by atoms with van der Waals surface area (Å²) >= 11 is 0. The molecule has 1 saturated heterocycles. The number of anilines is 1. The van der Waals surface area contributed by atoms with Gasteiger partial charge in [0.05, 0.1) is 6.42 Å². The molecular formula is C24H24F3N5O4S. The maximum Gasteiger partial charge on any atom is 0.511 e. The Morgan fingerprint density at radius 1 is 1.05 bits per heavy atom. The highest BCUT2D eigenvalue weighted by molar-refractivity contribution is 7.90. The van der Waals surface area contributed by atoms with Crippen molar-refractivity contribution in [1.29, 1.82) is 0 Å². The number of nitrogens with zero attached hydrogens (tertiary/aromatic N) is 3. The number of carbonyl (C=O) groups is 2. The summed E-state index contributed by atoms with van der Waals surface area (Å²) in [4.78, 5) is 33.8. The van der Waals surface area contributed by atoms with Gasteiger partial charge in [0.15, 0.2) is 0 Å². The van der Waals surface area contributed by atoms with Gasteiger partial charge in [0.2, 0.25) is 11.8 Å². The molecule has 1 saturated carbocycles. The van der Waals surface area contributed by atoms with E-state index in [2.05, 4.69) is 15.3 Å². The van der Waals surface area contributed by atoms with Crippen LogP contribution in [-0.2, 0) is 26.0 Å². The zero-order valence-electron chi connectivity index (χ0n) is 19.6. The molecule has 3 heterocycles. The number of carbonyl (C=O) groups excluding carboxylic acids is 2. The van der Waals surface area contributed by atoms with E-state index in [0.717, 1.165) is 29.4 Å². The average Bonchev–Trinajstić information content (AvgIpc) is 3.61. The number of aromatic amines is 1. The molecule has 1 aliphatic carbocycles. The van der Waals surface area contributed by atoms with Gasteiger partial charge >= 0.3 is 15.5 Å². The highest BCUT2D eigenvalue weighted by Gasteiger charge is 2.50. The maximum atomic E-state index is 12.8. The van der Waals surface area contributed by atoms with Gasteiger partial charge in [-0.1, -0.05) is 24.3 Å². The SMILES string of the molecule is O=C(Nc1cc(-c2ccc(CC(=O)N3CCN(S(=O)(=O)C(F)(F)F)CC3)cc2)c2cc[nH]c2n1)C1CC1. The molecule has 5 rings (SSSR count). The summed E-state index contributed by atoms with van der Waals surface area (Å²) in [5.41, 5.74) is -2.30. The molecule has 0 bridgehead atoms. The molecule has 2 N–H and O–H groups in total. The molecule has 196 valence electrons. The van der Waals surface area contributed by atoms with E-state index in [4.69, 9.17) is 0 Å². The number of nitrogens with one attached hydrogen (secondary N) is 2. The Hall–Kier alpha value is -3.45. The van der Waals surface area contributed by atoms with E-state index >= 15 is 0 Å². The van der Waals surface area contributed by atoms with Gasteiger partial charge in [0.1, 0.15) is 11.5 Å². The van der Waals surface area contributed by atoms with Crippen molar-refractivity contribution in [3.8, 4) is 11.1 Å². The lowest BCUT2D eigenvalue weighted by molar-refractivity contribution is -0.131. The van der Waals surface area contributed by atoms with E-state index in [0.29, 0.717) is 21.3 Å². The Labute approximate surface area is 210 Å². The van der Waals surface area contributed by atoms with Crippen molar-refractivity contribution in [2.24, 2.45) is 5.92 Å². The van der Waals surface area contributed by atoms with Crippen molar-refractivity contribution in [3.63, 3.8) is 0 Å². The van der Waals surface area contributed by atoms with Crippen LogP contribution < -0.4 is 5.32 Å². The highest BCUT2D eigenvalue weighted by Crippen LogP contribution is 2.33. The molecule has 2 amide bonds. The summed E-state index contributed by atoms with van der Waals surface area (Å²) in [5, 5.41) is 3.74. The molecule has 0 atom stereocenters. The summed E-state index contributed by atoms with van der Waals surface area (Å²) in [7, 11) is -5.40. The van der Waals surface area contributed by atoms with Crippen LogP contribution in [-0.4, -0.2) is 71.1 Å². The Morgan fingerprint density at radius 2 is 1.73 bits per heavy atom. The summed E-state index contributed by atoms with van der Waals surface area (Å²) < 4.78 is 61.8. The third kappa shape index (κ3) is 5.18. The van der Waals surface area contributed by atoms with Crippen LogP contribution in [0.3, 0.4) is 0 Å². The number of benzene rings is 1. The molecule has 1 aromatic carbocycles. The number of hydrogen-bond acceptors (Lipinski definition) is 5. The van der Waals surface area contributed by atoms with E-state index in [-0.39, 0.29) is 37.2 Å². The number of aromatic nitrogens is 2. The third-order valence-electron chi connectivity index (χ3n) is 6.57. The number of sulfonamides is 1. The Kier molecular flexibility index (Phi) is 6.44. The smallest absolute Gasteiger partial charge is 0.346 e. The molecule has 9 nitrogen and oxygen atoms in total. The quantitative estimate of drug-likeness (QED) is 0.503. The number of halogens is 3. The molecular weight excluding hydrogens is 511 g/mol. The minimum atomic E-state index is -5.40. The van der Waals surface area contributed by atoms with Crippen LogP contribution >= 0.6 is 0 Å². The molecule has 37 heavy (non-hydrogen) atoms. The van der Waals surface area contributed by atoms with Crippen LogP contribution in [0, 0.1) is 5.92 Å². The number of rotatable bonds is 6. The standard InChI is InChI=1S/C24H24F3N5O4S/c25-24(26,27)37(35,36)32-11-9-31(10-12-32)21(33)13-15-1-3-16(4-2-15)19-14-20(30-23(34)17-5-6-17)29-22-18(19)7-8-28-22/h1-4,7-8,14,17H,5-6,9-13H2,(H2,28,29,30,34). The van der Waals surface area contributed by atoms with Gasteiger partial charge in [0, 0.05) is 43.7 Å². The first-order chi connectivity index (χ1) is 17.5. The average molecular weight is 536 g/mol. The van der Waals surface area contributed by atoms with Crippen LogP contribution in [0.5, 0.6) is 0 Å². The fourth-order valence-corrected chi connectivity index (χ4v) is 5.26. The largest absolute Gasteiger partial charge is 0.511 e. The minimum Gasteiger partial charge on any atom is -0.346 e. The molecule has 3 aromatic rings. The van der Waals surface area contributed by atoms with Crippen molar-refractivity contribution >= 4 is 38.7 Å². The third-order valence-corrected chi connectivity index (χ3v) is 8.20. The van der Waals surface area contributed by atoms with Gasteiger partial charge in [0.25, 0.3) is 0 Å². The number of piperazine rings is 1. The Bertz CT molecular complexity index is 1440. The number of H-pyrrole nitrogens is 1. The van der Waals surface area contributed by atoms with Gasteiger partial charge in [-0.2, -0.15) is 17.5 Å². The second-order valence-corrected chi connectivity index (χ2v) is 11.1. The van der Waals surface area contributed by atoms with Crippen molar-refractivity contribution in [2.75, 3.05) is 31.5 Å². The zero-order valence-corrected chi connectivity index (χ0v) is 20.4. The van der Waals surface area contributed by atoms with Gasteiger partial charge in [-0.25, -0.2) is 13.4 Å². The minimum absolute atomic E-state index is 0.0326. The summed E-state index contributed by atoms with van der Waals surface area (Å²) in [6.07, 6.45) is 3.56. The van der Waals surface area contributed by atoms with Crippen molar-refractivity contribution in [1.82, 2.24) is 19.2 Å². The lowest BCUT2D eigenvalue weighted by atomic mass is 10.0. The van der Waals surface area contributed by atoms with E-state index in [9.17, 15) is 31.2 Å². The summed E-state index contributed by atoms with van der Waals surface area (Å²) in [6, 6.07) is 11.0. The Balaban J connectivity index is 1.26. The van der Waals surface area contributed by atoms with E-state index in [1.165, 1.54) is 4.90 Å². The topological polar surface area (TPSA) is 115 Å². The molecule has 2 aliphatic rings. The zero-order chi connectivity index (χ0) is 26.4. The number of alkyl halides is 3. The van der Waals surface area contributed by atoms with Crippen molar-refractivity contribution in [2.45, 2.75) is 24.8 Å². The van der Waals surface area contributed by atoms with E-state index in [1.807, 2.05) is 24.3 Å².